The minimum Gasteiger partial charge on any atom is 1.00 e. The third kappa shape index (κ3) is 17.8. The van der Waals surface area contributed by atoms with Crippen molar-refractivity contribution in [3.05, 3.63) is 0 Å². The first-order valence-electron chi connectivity index (χ1n) is 9.96. The number of carbonyl (C=O) groups excluding carboxylic acids is 1. The summed E-state index contributed by atoms with van der Waals surface area (Å²) in [5, 5.41) is 11.0. The van der Waals surface area contributed by atoms with Crippen LogP contribution in [0.5, 0.6) is 0 Å². The minimum absolute atomic E-state index is 0. The Labute approximate surface area is 178 Å². The summed E-state index contributed by atoms with van der Waals surface area (Å²) in [5.74, 6) is -0.801. The van der Waals surface area contributed by atoms with Crippen LogP contribution < -0.4 is 34.7 Å². The van der Waals surface area contributed by atoms with Crippen LogP contribution >= 0.6 is 0 Å². The van der Waals surface area contributed by atoms with Crippen LogP contribution in [0.3, 0.4) is 0 Å². The second kappa shape index (κ2) is 20.3. The van der Waals surface area contributed by atoms with E-state index in [1.54, 1.807) is 0 Å². The van der Waals surface area contributed by atoms with Crippen molar-refractivity contribution in [2.24, 2.45) is 0 Å². The summed E-state index contributed by atoms with van der Waals surface area (Å²) in [6.45, 7) is 2.27. The van der Waals surface area contributed by atoms with Crippen LogP contribution in [0.25, 0.3) is 0 Å². The topological polar surface area (TPSA) is 40.1 Å². The molecular formula is C20H40AsNaO2. The molecule has 0 saturated carbocycles. The number of rotatable bonds is 17. The standard InChI is InChI=1S/C20H41AsO2.Na/c1-4-5-6-7-8-9-10-11-12-13-14-15-16-17-18-19(20(22)23)21(2)3;/h19H,4-18H2,1-3H3,(H,22,23);/q;+1/p-1. The minimum atomic E-state index is -1.16. The Morgan fingerprint density at radius 1 is 0.750 bits per heavy atom. The molecular weight excluding hydrogens is 370 g/mol. The Morgan fingerprint density at radius 2 is 1.08 bits per heavy atom. The van der Waals surface area contributed by atoms with Gasteiger partial charge < -0.3 is 0 Å². The summed E-state index contributed by atoms with van der Waals surface area (Å²) in [7, 11) is 0. The Morgan fingerprint density at radius 3 is 1.38 bits per heavy atom. The first kappa shape index (κ1) is 27.2. The molecule has 0 aromatic heterocycles. The van der Waals surface area contributed by atoms with Crippen LogP contribution in [0.4, 0.5) is 0 Å². The molecule has 0 heterocycles. The van der Waals surface area contributed by atoms with Gasteiger partial charge in [-0.2, -0.15) is 0 Å². The SMILES string of the molecule is CCCCCCCCCCCCCCCCC(C(=O)[O-])[As](C)C.[Na+]. The third-order valence-corrected chi connectivity index (χ3v) is 8.33. The van der Waals surface area contributed by atoms with Crippen molar-refractivity contribution in [1.29, 1.82) is 0 Å². The van der Waals surface area contributed by atoms with Crippen molar-refractivity contribution < 1.29 is 39.5 Å². The van der Waals surface area contributed by atoms with Crippen LogP contribution in [0.15, 0.2) is 0 Å². The molecule has 0 aromatic rings. The maximum Gasteiger partial charge on any atom is 1.00 e. The van der Waals surface area contributed by atoms with Crippen molar-refractivity contribution in [3.8, 4) is 0 Å². The van der Waals surface area contributed by atoms with E-state index in [1.807, 2.05) is 0 Å². The van der Waals surface area contributed by atoms with Crippen molar-refractivity contribution >= 4 is 20.6 Å². The molecule has 0 aliphatic rings. The van der Waals surface area contributed by atoms with Crippen LogP contribution in [-0.2, 0) is 4.79 Å². The average Bonchev–Trinajstić information content (AvgIpc) is 2.50. The van der Waals surface area contributed by atoms with Crippen LogP contribution in [0, 0.1) is 0 Å². The summed E-state index contributed by atoms with van der Waals surface area (Å²) in [6.07, 6.45) is 19.7. The Bertz CT molecular complexity index is 272. The van der Waals surface area contributed by atoms with Gasteiger partial charge in [0, 0.05) is 0 Å². The number of carboxylic acid groups (broad SMARTS) is 1. The van der Waals surface area contributed by atoms with Gasteiger partial charge in [-0.3, -0.25) is 0 Å². The summed E-state index contributed by atoms with van der Waals surface area (Å²) < 4.78 is -0.111. The molecule has 0 bridgehead atoms. The molecule has 0 fully saturated rings. The van der Waals surface area contributed by atoms with E-state index in [-0.39, 0.29) is 34.3 Å². The first-order valence-corrected chi connectivity index (χ1v) is 14.8. The van der Waals surface area contributed by atoms with Gasteiger partial charge in [0.25, 0.3) is 0 Å². The van der Waals surface area contributed by atoms with Gasteiger partial charge in [-0.25, -0.2) is 0 Å². The fraction of sp³-hybridized carbons (Fsp3) is 0.950. The predicted octanol–water partition coefficient (Wildman–Crippen LogP) is 2.74. The van der Waals surface area contributed by atoms with E-state index in [0.717, 1.165) is 12.8 Å². The molecule has 1 unspecified atom stereocenters. The second-order valence-corrected chi connectivity index (χ2v) is 12.5. The molecule has 0 radical (unpaired) electrons. The second-order valence-electron chi connectivity index (χ2n) is 7.18. The van der Waals surface area contributed by atoms with E-state index in [1.165, 1.54) is 83.5 Å². The van der Waals surface area contributed by atoms with Crippen LogP contribution in [0.1, 0.15) is 103 Å². The fourth-order valence-electron chi connectivity index (χ4n) is 3.12. The van der Waals surface area contributed by atoms with E-state index in [2.05, 4.69) is 18.3 Å². The van der Waals surface area contributed by atoms with Gasteiger partial charge in [0.15, 0.2) is 0 Å². The number of hydrogen-bond acceptors (Lipinski definition) is 2. The number of unbranched alkanes of at least 4 members (excludes halogenated alkanes) is 13. The van der Waals surface area contributed by atoms with Crippen molar-refractivity contribution in [1.82, 2.24) is 0 Å². The average molecular weight is 410 g/mol. The maximum absolute atomic E-state index is 11.0. The summed E-state index contributed by atoms with van der Waals surface area (Å²) in [6, 6.07) is 0. The van der Waals surface area contributed by atoms with Gasteiger partial charge in [-0.1, -0.05) is 32.6 Å². The molecule has 0 N–H and O–H groups in total. The van der Waals surface area contributed by atoms with Gasteiger partial charge >= 0.3 is 147 Å². The Kier molecular flexibility index (Phi) is 23.1. The third-order valence-electron chi connectivity index (χ3n) is 4.73. The summed E-state index contributed by atoms with van der Waals surface area (Å²) >= 11 is -1.16. The molecule has 4 heteroatoms. The number of hydrogen-bond donors (Lipinski definition) is 0. The van der Waals surface area contributed by atoms with Gasteiger partial charge in [0.05, 0.1) is 0 Å². The monoisotopic (exact) mass is 410 g/mol. The Balaban J connectivity index is 0. The molecule has 0 aliphatic heterocycles. The number of carbonyl (C=O) groups is 1. The van der Waals surface area contributed by atoms with Gasteiger partial charge in [0.2, 0.25) is 0 Å². The normalized spacial score (nSPS) is 12.2. The molecule has 2 nitrogen and oxygen atoms in total. The quantitative estimate of drug-likeness (QED) is 0.273. The summed E-state index contributed by atoms with van der Waals surface area (Å²) in [5.41, 5.74) is 4.24. The van der Waals surface area contributed by atoms with E-state index in [4.69, 9.17) is 0 Å². The smallest absolute Gasteiger partial charge is 1.00 e. The zero-order chi connectivity index (χ0) is 17.3. The molecule has 0 spiro atoms. The van der Waals surface area contributed by atoms with Gasteiger partial charge in [-0.15, -0.1) is 0 Å². The van der Waals surface area contributed by atoms with Crippen molar-refractivity contribution in [3.63, 3.8) is 0 Å². The van der Waals surface area contributed by atoms with Crippen LogP contribution in [0.2, 0.25) is 16.1 Å². The molecule has 0 amide bonds. The van der Waals surface area contributed by atoms with E-state index >= 15 is 0 Å². The van der Waals surface area contributed by atoms with Crippen molar-refractivity contribution in [2.75, 3.05) is 0 Å². The summed E-state index contributed by atoms with van der Waals surface area (Å²) in [4.78, 5) is 11.0. The fourth-order valence-corrected chi connectivity index (χ4v) is 5.47. The van der Waals surface area contributed by atoms with Crippen molar-refractivity contribution in [2.45, 2.75) is 119 Å². The zero-order valence-corrected chi connectivity index (χ0v) is 20.8. The largest absolute Gasteiger partial charge is 1.00 e. The molecule has 138 valence electrons. The molecule has 1 atom stereocenters. The number of aliphatic carboxylic acids is 1. The molecule has 0 saturated heterocycles. The van der Waals surface area contributed by atoms with E-state index in [9.17, 15) is 9.90 Å². The molecule has 24 heavy (non-hydrogen) atoms. The maximum atomic E-state index is 11.0. The first-order chi connectivity index (χ1) is 11.1. The number of carboxylic acids is 1. The molecule has 0 aromatic carbocycles. The molecule has 0 rings (SSSR count). The Hall–Kier alpha value is 1.03. The van der Waals surface area contributed by atoms with Gasteiger partial charge in [-0.05, 0) is 0 Å². The van der Waals surface area contributed by atoms with Crippen LogP contribution in [-0.4, -0.2) is 20.6 Å². The van der Waals surface area contributed by atoms with E-state index in [0.29, 0.717) is 0 Å². The zero-order valence-electron chi connectivity index (χ0n) is 16.9. The van der Waals surface area contributed by atoms with Gasteiger partial charge in [0.1, 0.15) is 0 Å². The van der Waals surface area contributed by atoms with E-state index < -0.39 is 20.6 Å². The molecule has 0 aliphatic carbocycles. The predicted molar refractivity (Wildman–Crippen MR) is 101 cm³/mol.